The Morgan fingerprint density at radius 2 is 2.00 bits per heavy atom. The van der Waals surface area contributed by atoms with Gasteiger partial charge < -0.3 is 26.2 Å². The van der Waals surface area contributed by atoms with Crippen molar-refractivity contribution < 1.29 is 29.4 Å². The van der Waals surface area contributed by atoms with Crippen molar-refractivity contribution in [3.05, 3.63) is 0 Å². The molecule has 5 N–H and O–H groups in total. The van der Waals surface area contributed by atoms with Gasteiger partial charge in [-0.25, -0.2) is 4.79 Å². The molecule has 2 fully saturated rings. The van der Waals surface area contributed by atoms with Crippen LogP contribution in [0.3, 0.4) is 0 Å². The van der Waals surface area contributed by atoms with Crippen LogP contribution in [-0.2, 0) is 19.2 Å². The molecule has 0 aromatic carbocycles. The van der Waals surface area contributed by atoms with Gasteiger partial charge in [-0.1, -0.05) is 0 Å². The standard InChI is InChI=1S/C14H21N3O6S/c1-14(2)9(13(22)23)17-10(19)8(11(17)24-14)16-7(18)5-3-4-6(15)12(20)21/h6,8-9,11H,3-5,15H2,1-2H3,(H,16,18)(H,20,21)(H,22,23)/t6?,8-,9?,11-/m1/s1. The number of carboxylic acids is 2. The lowest BCUT2D eigenvalue weighted by atomic mass is 9.96. The summed E-state index contributed by atoms with van der Waals surface area (Å²) >= 11 is 1.35. The van der Waals surface area contributed by atoms with E-state index in [1.54, 1.807) is 13.8 Å². The van der Waals surface area contributed by atoms with Crippen LogP contribution in [0.5, 0.6) is 0 Å². The Labute approximate surface area is 142 Å². The van der Waals surface area contributed by atoms with Gasteiger partial charge in [0.1, 0.15) is 23.5 Å². The summed E-state index contributed by atoms with van der Waals surface area (Å²) in [5, 5.41) is 20.2. The van der Waals surface area contributed by atoms with Gasteiger partial charge in [-0.05, 0) is 26.7 Å². The lowest BCUT2D eigenvalue weighted by Gasteiger charge is -2.43. The third-order valence-corrected chi connectivity index (χ3v) is 5.80. The number of thioether (sulfide) groups is 1. The molecule has 0 spiro atoms. The maximum atomic E-state index is 12.2. The van der Waals surface area contributed by atoms with Crippen LogP contribution >= 0.6 is 11.8 Å². The number of carbonyl (C=O) groups excluding carboxylic acids is 2. The van der Waals surface area contributed by atoms with Crippen molar-refractivity contribution >= 4 is 35.5 Å². The molecule has 24 heavy (non-hydrogen) atoms. The van der Waals surface area contributed by atoms with Gasteiger partial charge in [-0.3, -0.25) is 14.4 Å². The lowest BCUT2D eigenvalue weighted by Crippen LogP contribution is -2.70. The number of carboxylic acid groups (broad SMARTS) is 2. The van der Waals surface area contributed by atoms with E-state index in [2.05, 4.69) is 5.32 Å². The Kier molecular flexibility index (Phi) is 5.09. The number of aliphatic carboxylic acids is 2. The summed E-state index contributed by atoms with van der Waals surface area (Å²) in [7, 11) is 0. The molecule has 2 amide bonds. The van der Waals surface area contributed by atoms with Crippen molar-refractivity contribution in [2.75, 3.05) is 0 Å². The normalized spacial score (nSPS) is 28.7. The molecule has 0 bridgehead atoms. The van der Waals surface area contributed by atoms with Crippen LogP contribution < -0.4 is 11.1 Å². The van der Waals surface area contributed by atoms with Crippen LogP contribution in [-0.4, -0.2) is 67.1 Å². The molecule has 0 aliphatic carbocycles. The first-order chi connectivity index (χ1) is 11.1. The summed E-state index contributed by atoms with van der Waals surface area (Å²) in [6.45, 7) is 3.52. The monoisotopic (exact) mass is 359 g/mol. The van der Waals surface area contributed by atoms with Crippen LogP contribution in [0.25, 0.3) is 0 Å². The molecule has 9 nitrogen and oxygen atoms in total. The Morgan fingerprint density at radius 3 is 2.54 bits per heavy atom. The topological polar surface area (TPSA) is 150 Å². The van der Waals surface area contributed by atoms with E-state index in [-0.39, 0.29) is 24.1 Å². The Hall–Kier alpha value is -1.81. The quantitative estimate of drug-likeness (QED) is 0.431. The first-order valence-electron chi connectivity index (χ1n) is 7.57. The fourth-order valence-electron chi connectivity index (χ4n) is 3.00. The minimum absolute atomic E-state index is 0.0634. The number of nitrogens with zero attached hydrogens (tertiary/aromatic N) is 1. The molecule has 2 aliphatic rings. The number of nitrogens with one attached hydrogen (secondary N) is 1. The number of β-lactam (4-membered cyclic amide) rings is 1. The first kappa shape index (κ1) is 18.5. The SMILES string of the molecule is CC1(C)S[C@@H]2[C@H](NC(=O)CCCC(N)C(=O)O)C(=O)N2C1C(=O)O. The molecular weight excluding hydrogens is 338 g/mol. The smallest absolute Gasteiger partial charge is 0.327 e. The minimum Gasteiger partial charge on any atom is -0.480 e. The van der Waals surface area contributed by atoms with Gasteiger partial charge in [0.2, 0.25) is 11.8 Å². The lowest BCUT2D eigenvalue weighted by molar-refractivity contribution is -0.161. The summed E-state index contributed by atoms with van der Waals surface area (Å²) in [5.41, 5.74) is 5.36. The molecule has 2 unspecified atom stereocenters. The van der Waals surface area contributed by atoms with Gasteiger partial charge in [0.15, 0.2) is 0 Å². The number of amides is 2. The fourth-order valence-corrected chi connectivity index (χ4v) is 4.62. The maximum absolute atomic E-state index is 12.2. The maximum Gasteiger partial charge on any atom is 0.327 e. The van der Waals surface area contributed by atoms with E-state index >= 15 is 0 Å². The van der Waals surface area contributed by atoms with Gasteiger partial charge in [-0.2, -0.15) is 0 Å². The third-order valence-electron chi connectivity index (χ3n) is 4.23. The fraction of sp³-hybridized carbons (Fsp3) is 0.714. The number of nitrogens with two attached hydrogens (primary N) is 1. The molecule has 10 heteroatoms. The van der Waals surface area contributed by atoms with Crippen molar-refractivity contribution in [1.82, 2.24) is 10.2 Å². The van der Waals surface area contributed by atoms with Crippen LogP contribution in [0.1, 0.15) is 33.1 Å². The van der Waals surface area contributed by atoms with Crippen molar-refractivity contribution in [3.8, 4) is 0 Å². The highest BCUT2D eigenvalue weighted by Gasteiger charge is 2.64. The van der Waals surface area contributed by atoms with Crippen molar-refractivity contribution in [1.29, 1.82) is 0 Å². The van der Waals surface area contributed by atoms with Gasteiger partial charge in [0.05, 0.1) is 0 Å². The van der Waals surface area contributed by atoms with Crippen molar-refractivity contribution in [2.45, 2.75) is 61.4 Å². The summed E-state index contributed by atoms with van der Waals surface area (Å²) in [6, 6.07) is -2.66. The second kappa shape index (κ2) is 6.60. The van der Waals surface area contributed by atoms with Gasteiger partial charge in [0, 0.05) is 11.2 Å². The molecule has 0 radical (unpaired) electrons. The second-order valence-electron chi connectivity index (χ2n) is 6.48. The van der Waals surface area contributed by atoms with E-state index in [0.29, 0.717) is 6.42 Å². The molecule has 2 aliphatic heterocycles. The third kappa shape index (κ3) is 3.34. The molecular formula is C14H21N3O6S. The van der Waals surface area contributed by atoms with Crippen LogP contribution in [0.15, 0.2) is 0 Å². The van der Waals surface area contributed by atoms with Crippen LogP contribution in [0.2, 0.25) is 0 Å². The number of hydrogen-bond donors (Lipinski definition) is 4. The Balaban J connectivity index is 1.87. The predicted octanol–water partition coefficient (Wildman–Crippen LogP) is -0.800. The first-order valence-corrected chi connectivity index (χ1v) is 8.45. The molecule has 0 aromatic rings. The molecule has 134 valence electrons. The minimum atomic E-state index is -1.12. The largest absolute Gasteiger partial charge is 0.480 e. The van der Waals surface area contributed by atoms with Crippen LogP contribution in [0, 0.1) is 0 Å². The second-order valence-corrected chi connectivity index (χ2v) is 8.25. The predicted molar refractivity (Wildman–Crippen MR) is 85.1 cm³/mol. The van der Waals surface area contributed by atoms with Crippen LogP contribution in [0.4, 0.5) is 0 Å². The van der Waals surface area contributed by atoms with Gasteiger partial charge in [-0.15, -0.1) is 11.8 Å². The van der Waals surface area contributed by atoms with Gasteiger partial charge >= 0.3 is 11.9 Å². The highest BCUT2D eigenvalue weighted by Crippen LogP contribution is 2.50. The number of rotatable bonds is 7. The summed E-state index contributed by atoms with van der Waals surface area (Å²) in [5.74, 6) is -2.95. The zero-order valence-electron chi connectivity index (χ0n) is 13.4. The Bertz CT molecular complexity index is 581. The molecule has 0 aromatic heterocycles. The molecule has 2 heterocycles. The molecule has 0 saturated carbocycles. The van der Waals surface area contributed by atoms with E-state index in [1.165, 1.54) is 16.7 Å². The zero-order valence-corrected chi connectivity index (χ0v) is 14.2. The van der Waals surface area contributed by atoms with E-state index < -0.39 is 40.7 Å². The summed E-state index contributed by atoms with van der Waals surface area (Å²) in [4.78, 5) is 47.4. The Morgan fingerprint density at radius 1 is 1.38 bits per heavy atom. The van der Waals surface area contributed by atoms with Crippen molar-refractivity contribution in [3.63, 3.8) is 0 Å². The number of fused-ring (bicyclic) bond motifs is 1. The average molecular weight is 359 g/mol. The van der Waals surface area contributed by atoms with Gasteiger partial charge in [0.25, 0.3) is 0 Å². The highest BCUT2D eigenvalue weighted by atomic mass is 32.2. The summed E-state index contributed by atoms with van der Waals surface area (Å²) in [6.07, 6.45) is 0.526. The number of hydrogen-bond acceptors (Lipinski definition) is 6. The zero-order chi connectivity index (χ0) is 18.2. The molecule has 4 atom stereocenters. The van der Waals surface area contributed by atoms with E-state index in [4.69, 9.17) is 10.8 Å². The molecule has 2 saturated heterocycles. The van der Waals surface area contributed by atoms with E-state index in [1.807, 2.05) is 0 Å². The average Bonchev–Trinajstić information content (AvgIpc) is 2.73. The summed E-state index contributed by atoms with van der Waals surface area (Å²) < 4.78 is -0.639. The molecule has 2 rings (SSSR count). The highest BCUT2D eigenvalue weighted by molar-refractivity contribution is 8.01. The van der Waals surface area contributed by atoms with E-state index in [9.17, 15) is 24.3 Å². The number of carbonyl (C=O) groups is 4. The van der Waals surface area contributed by atoms with E-state index in [0.717, 1.165) is 0 Å². The van der Waals surface area contributed by atoms with Crippen molar-refractivity contribution in [2.24, 2.45) is 5.73 Å².